The molecule has 20 heavy (non-hydrogen) atoms. The highest BCUT2D eigenvalue weighted by Gasteiger charge is 2.20. The van der Waals surface area contributed by atoms with Gasteiger partial charge in [-0.1, -0.05) is 0 Å². The van der Waals surface area contributed by atoms with Gasteiger partial charge in [0, 0.05) is 0 Å². The van der Waals surface area contributed by atoms with Gasteiger partial charge in [-0.25, -0.2) is 4.79 Å². The smallest absolute Gasteiger partial charge is 0.337 e. The van der Waals surface area contributed by atoms with E-state index in [4.69, 9.17) is 9.47 Å². The van der Waals surface area contributed by atoms with Crippen LogP contribution in [0.4, 0.5) is 0 Å². The first-order chi connectivity index (χ1) is 9.65. The number of ether oxygens (including phenoxy) is 2. The van der Waals surface area contributed by atoms with Crippen LogP contribution in [0.15, 0.2) is 12.1 Å². The monoisotopic (exact) mass is 279 g/mol. The highest BCUT2D eigenvalue weighted by molar-refractivity contribution is 5.90. The first kappa shape index (κ1) is 14.7. The number of benzene rings is 1. The molecule has 1 saturated heterocycles. The van der Waals surface area contributed by atoms with Crippen molar-refractivity contribution in [3.8, 4) is 11.5 Å². The van der Waals surface area contributed by atoms with Crippen molar-refractivity contribution in [3.05, 3.63) is 23.3 Å². The topological polar surface area (TPSA) is 67.8 Å². The van der Waals surface area contributed by atoms with Crippen LogP contribution in [0.5, 0.6) is 11.5 Å². The van der Waals surface area contributed by atoms with E-state index in [0.29, 0.717) is 17.2 Å². The van der Waals surface area contributed by atoms with Crippen LogP contribution >= 0.6 is 0 Å². The Hall–Kier alpha value is -1.75. The Balaban J connectivity index is 2.27. The van der Waals surface area contributed by atoms with Gasteiger partial charge in [0.05, 0.1) is 19.8 Å². The van der Waals surface area contributed by atoms with E-state index >= 15 is 0 Å². The van der Waals surface area contributed by atoms with Gasteiger partial charge in [-0.3, -0.25) is 0 Å². The molecule has 1 aromatic carbocycles. The maximum Gasteiger partial charge on any atom is 0.337 e. The fourth-order valence-electron chi connectivity index (χ4n) is 2.62. The predicted octanol–water partition coefficient (Wildman–Crippen LogP) is 1.73. The number of esters is 1. The molecule has 1 fully saturated rings. The zero-order valence-electron chi connectivity index (χ0n) is 11.9. The lowest BCUT2D eigenvalue weighted by atomic mass is 9.91. The summed E-state index contributed by atoms with van der Waals surface area (Å²) in [6.45, 7) is 1.98. The van der Waals surface area contributed by atoms with Crippen LogP contribution in [0.25, 0.3) is 0 Å². The Morgan fingerprint density at radius 2 is 2.25 bits per heavy atom. The lowest BCUT2D eigenvalue weighted by Gasteiger charge is -2.23. The van der Waals surface area contributed by atoms with Crippen LogP contribution in [-0.2, 0) is 11.2 Å². The number of rotatable bonds is 4. The summed E-state index contributed by atoms with van der Waals surface area (Å²) < 4.78 is 9.87. The number of piperidine rings is 1. The van der Waals surface area contributed by atoms with E-state index in [1.54, 1.807) is 6.07 Å². The number of nitrogens with one attached hydrogen (secondary N) is 1. The van der Waals surface area contributed by atoms with Gasteiger partial charge in [0.2, 0.25) is 0 Å². The minimum absolute atomic E-state index is 0.116. The predicted molar refractivity (Wildman–Crippen MR) is 75.3 cm³/mol. The molecule has 5 heteroatoms. The third-order valence-electron chi connectivity index (χ3n) is 3.70. The minimum atomic E-state index is -0.425. The van der Waals surface area contributed by atoms with E-state index in [2.05, 4.69) is 5.32 Å². The van der Waals surface area contributed by atoms with Gasteiger partial charge in [-0.05, 0) is 56.0 Å². The molecule has 1 aliphatic heterocycles. The normalized spacial score (nSPS) is 18.6. The quantitative estimate of drug-likeness (QED) is 0.822. The van der Waals surface area contributed by atoms with E-state index in [1.807, 2.05) is 0 Å². The number of phenolic OH excluding ortho intramolecular Hbond substituents is 1. The van der Waals surface area contributed by atoms with Crippen molar-refractivity contribution >= 4 is 5.97 Å². The molecule has 5 nitrogen and oxygen atoms in total. The lowest BCUT2D eigenvalue weighted by molar-refractivity contribution is 0.0600. The molecule has 0 saturated carbocycles. The van der Waals surface area contributed by atoms with E-state index < -0.39 is 5.97 Å². The van der Waals surface area contributed by atoms with Crippen LogP contribution in [0.1, 0.15) is 28.8 Å². The number of hydrogen-bond acceptors (Lipinski definition) is 5. The average molecular weight is 279 g/mol. The second-order valence-corrected chi connectivity index (χ2v) is 5.09. The van der Waals surface area contributed by atoms with Crippen LogP contribution in [0.3, 0.4) is 0 Å². The van der Waals surface area contributed by atoms with Crippen molar-refractivity contribution in [1.82, 2.24) is 5.32 Å². The van der Waals surface area contributed by atoms with Crippen molar-refractivity contribution in [2.75, 3.05) is 27.3 Å². The molecular formula is C15H21NO4. The molecule has 0 aromatic heterocycles. The third-order valence-corrected chi connectivity index (χ3v) is 3.70. The van der Waals surface area contributed by atoms with Crippen molar-refractivity contribution in [3.63, 3.8) is 0 Å². The van der Waals surface area contributed by atoms with Gasteiger partial charge < -0.3 is 19.9 Å². The number of methoxy groups -OCH3 is 2. The van der Waals surface area contributed by atoms with Crippen LogP contribution in [0.2, 0.25) is 0 Å². The summed E-state index contributed by atoms with van der Waals surface area (Å²) in [5.74, 6) is 0.468. The summed E-state index contributed by atoms with van der Waals surface area (Å²) in [7, 11) is 2.81. The molecule has 0 aliphatic carbocycles. The van der Waals surface area contributed by atoms with Crippen LogP contribution in [0, 0.1) is 5.92 Å². The fourth-order valence-corrected chi connectivity index (χ4v) is 2.62. The number of hydrogen-bond donors (Lipinski definition) is 2. The Kier molecular flexibility index (Phi) is 4.84. The summed E-state index contributed by atoms with van der Waals surface area (Å²) in [4.78, 5) is 11.7. The molecule has 0 spiro atoms. The molecule has 2 N–H and O–H groups in total. The molecular weight excluding hydrogens is 258 g/mol. The Bertz CT molecular complexity index is 481. The number of carbonyl (C=O) groups is 1. The standard InChI is InChI=1S/C15H21NO4/c1-19-13-8-12(15(18)20-2)7-11(14(13)17)6-10-4-3-5-16-9-10/h7-8,10,16-17H,3-6,9H2,1-2H3. The van der Waals surface area contributed by atoms with Crippen molar-refractivity contribution in [2.45, 2.75) is 19.3 Å². The highest BCUT2D eigenvalue weighted by atomic mass is 16.5. The molecule has 1 atom stereocenters. The number of phenols is 1. The van der Waals surface area contributed by atoms with E-state index in [-0.39, 0.29) is 5.75 Å². The van der Waals surface area contributed by atoms with Crippen LogP contribution < -0.4 is 10.1 Å². The SMILES string of the molecule is COC(=O)c1cc(CC2CCCNC2)c(O)c(OC)c1. The molecule has 110 valence electrons. The molecule has 1 aliphatic rings. The van der Waals surface area contributed by atoms with E-state index in [0.717, 1.165) is 37.9 Å². The van der Waals surface area contributed by atoms with Crippen molar-refractivity contribution in [2.24, 2.45) is 5.92 Å². The maximum absolute atomic E-state index is 11.7. The molecule has 1 aromatic rings. The van der Waals surface area contributed by atoms with Crippen molar-refractivity contribution < 1.29 is 19.4 Å². The fraction of sp³-hybridized carbons (Fsp3) is 0.533. The maximum atomic E-state index is 11.7. The molecule has 1 unspecified atom stereocenters. The van der Waals surface area contributed by atoms with Gasteiger partial charge in [0.25, 0.3) is 0 Å². The van der Waals surface area contributed by atoms with E-state index in [9.17, 15) is 9.90 Å². The summed E-state index contributed by atoms with van der Waals surface area (Å²) >= 11 is 0. The summed E-state index contributed by atoms with van der Waals surface area (Å²) in [5, 5.41) is 13.5. The Morgan fingerprint density at radius 3 is 2.85 bits per heavy atom. The molecule has 0 radical (unpaired) electrons. The Labute approximate surface area is 118 Å². The number of carbonyl (C=O) groups excluding carboxylic acids is 1. The first-order valence-corrected chi connectivity index (χ1v) is 6.84. The third kappa shape index (κ3) is 3.22. The zero-order chi connectivity index (χ0) is 14.5. The molecule has 0 bridgehead atoms. The van der Waals surface area contributed by atoms with Gasteiger partial charge >= 0.3 is 5.97 Å². The van der Waals surface area contributed by atoms with Crippen molar-refractivity contribution in [1.29, 1.82) is 0 Å². The van der Waals surface area contributed by atoms with Gasteiger partial charge in [-0.2, -0.15) is 0 Å². The highest BCUT2D eigenvalue weighted by Crippen LogP contribution is 2.34. The zero-order valence-corrected chi connectivity index (χ0v) is 11.9. The summed E-state index contributed by atoms with van der Waals surface area (Å²) in [6, 6.07) is 3.20. The average Bonchev–Trinajstić information content (AvgIpc) is 2.49. The first-order valence-electron chi connectivity index (χ1n) is 6.84. The Morgan fingerprint density at radius 1 is 1.45 bits per heavy atom. The summed E-state index contributed by atoms with van der Waals surface area (Å²) in [5.41, 5.74) is 1.14. The number of aromatic hydroxyl groups is 1. The van der Waals surface area contributed by atoms with E-state index in [1.165, 1.54) is 20.3 Å². The molecule has 0 amide bonds. The van der Waals surface area contributed by atoms with Gasteiger partial charge in [-0.15, -0.1) is 0 Å². The second kappa shape index (κ2) is 6.61. The molecule has 2 rings (SSSR count). The summed E-state index contributed by atoms with van der Waals surface area (Å²) in [6.07, 6.45) is 2.98. The lowest BCUT2D eigenvalue weighted by Crippen LogP contribution is -2.30. The van der Waals surface area contributed by atoms with Crippen LogP contribution in [-0.4, -0.2) is 38.4 Å². The van der Waals surface area contributed by atoms with Gasteiger partial charge in [0.1, 0.15) is 0 Å². The largest absolute Gasteiger partial charge is 0.504 e. The second-order valence-electron chi connectivity index (χ2n) is 5.09. The minimum Gasteiger partial charge on any atom is -0.504 e. The molecule has 1 heterocycles. The van der Waals surface area contributed by atoms with Gasteiger partial charge in [0.15, 0.2) is 11.5 Å².